The molecule has 0 radical (unpaired) electrons. The Kier molecular flexibility index (Phi) is 7.07. The van der Waals surface area contributed by atoms with E-state index in [9.17, 15) is 9.59 Å². The van der Waals surface area contributed by atoms with E-state index in [1.165, 1.54) is 0 Å². The van der Waals surface area contributed by atoms with Gasteiger partial charge in [-0.05, 0) is 60.3 Å². The van der Waals surface area contributed by atoms with E-state index in [0.29, 0.717) is 13.1 Å². The van der Waals surface area contributed by atoms with Crippen molar-refractivity contribution < 1.29 is 9.59 Å². The number of piperidine rings is 1. The Balaban J connectivity index is 0.00000208. The van der Waals surface area contributed by atoms with Crippen LogP contribution in [0.5, 0.6) is 0 Å². The molecule has 0 bridgehead atoms. The van der Waals surface area contributed by atoms with Gasteiger partial charge in [0.15, 0.2) is 0 Å². The van der Waals surface area contributed by atoms with Crippen molar-refractivity contribution in [2.75, 3.05) is 25.0 Å². The zero-order chi connectivity index (χ0) is 16.2. The number of para-hydroxylation sites is 1. The highest BCUT2D eigenvalue weighted by Gasteiger charge is 2.31. The summed E-state index contributed by atoms with van der Waals surface area (Å²) in [5.41, 5.74) is 0.797. The van der Waals surface area contributed by atoms with Crippen molar-refractivity contribution in [2.45, 2.75) is 31.7 Å². The molecule has 1 aromatic rings. The van der Waals surface area contributed by atoms with Gasteiger partial charge < -0.3 is 15.5 Å². The maximum absolute atomic E-state index is 12.4. The third-order valence-corrected chi connectivity index (χ3v) is 5.36. The lowest BCUT2D eigenvalue weighted by atomic mass is 9.95. The summed E-state index contributed by atoms with van der Waals surface area (Å²) in [6, 6.07) is 7.59. The molecule has 0 aliphatic carbocycles. The minimum Gasteiger partial charge on any atom is -0.341 e. The summed E-state index contributed by atoms with van der Waals surface area (Å²) in [5.74, 6) is 0.220. The Morgan fingerprint density at radius 1 is 1.17 bits per heavy atom. The molecule has 3 rings (SSSR count). The Labute approximate surface area is 157 Å². The van der Waals surface area contributed by atoms with Crippen LogP contribution < -0.4 is 10.6 Å². The summed E-state index contributed by atoms with van der Waals surface area (Å²) in [7, 11) is 0. The first kappa shape index (κ1) is 19.2. The second-order valence-corrected chi connectivity index (χ2v) is 7.07. The molecule has 132 valence electrons. The first-order chi connectivity index (χ1) is 11.1. The van der Waals surface area contributed by atoms with E-state index in [4.69, 9.17) is 0 Å². The van der Waals surface area contributed by atoms with Gasteiger partial charge in [0.25, 0.3) is 0 Å². The van der Waals surface area contributed by atoms with Gasteiger partial charge in [0, 0.05) is 23.5 Å². The van der Waals surface area contributed by atoms with Crippen LogP contribution in [0, 0.1) is 5.92 Å². The highest BCUT2D eigenvalue weighted by Crippen LogP contribution is 2.25. The van der Waals surface area contributed by atoms with E-state index in [1.54, 1.807) is 0 Å². The van der Waals surface area contributed by atoms with Crippen molar-refractivity contribution in [1.29, 1.82) is 0 Å². The van der Waals surface area contributed by atoms with E-state index in [1.807, 2.05) is 29.2 Å². The van der Waals surface area contributed by atoms with Gasteiger partial charge in [0.1, 0.15) is 0 Å². The highest BCUT2D eigenvalue weighted by molar-refractivity contribution is 9.10. The van der Waals surface area contributed by atoms with Crippen molar-refractivity contribution in [3.05, 3.63) is 28.7 Å². The molecular weight excluding hydrogens is 394 g/mol. The van der Waals surface area contributed by atoms with Crippen molar-refractivity contribution in [3.63, 3.8) is 0 Å². The Hall–Kier alpha value is -1.11. The molecule has 1 atom stereocenters. The molecular formula is C17H23BrClN3O2. The first-order valence-electron chi connectivity index (χ1n) is 8.22. The Morgan fingerprint density at radius 3 is 2.50 bits per heavy atom. The predicted molar refractivity (Wildman–Crippen MR) is 100 cm³/mol. The van der Waals surface area contributed by atoms with Gasteiger partial charge in [-0.1, -0.05) is 12.1 Å². The first-order valence-corrected chi connectivity index (χ1v) is 9.02. The molecule has 0 spiro atoms. The van der Waals surface area contributed by atoms with Crippen LogP contribution in [-0.2, 0) is 9.59 Å². The van der Waals surface area contributed by atoms with Crippen LogP contribution >= 0.6 is 28.3 Å². The number of nitrogens with zero attached hydrogens (tertiary/aromatic N) is 1. The van der Waals surface area contributed by atoms with Crippen LogP contribution in [0.1, 0.15) is 25.7 Å². The molecule has 0 aromatic heterocycles. The number of hydrogen-bond donors (Lipinski definition) is 2. The fourth-order valence-electron chi connectivity index (χ4n) is 3.28. The lowest BCUT2D eigenvalue weighted by Gasteiger charge is -2.33. The van der Waals surface area contributed by atoms with Crippen LogP contribution in [0.2, 0.25) is 0 Å². The standard InChI is InChI=1S/C17H22BrN3O2.ClH/c18-13-4-1-2-5-14(13)20-16(22)12-7-10-21(11-8-12)17(23)15-6-3-9-19-15;/h1-2,4-5,12,15,19H,3,6-11H2,(H,20,22);1H. The van der Waals surface area contributed by atoms with E-state index < -0.39 is 0 Å². The van der Waals surface area contributed by atoms with E-state index in [-0.39, 0.29) is 36.2 Å². The summed E-state index contributed by atoms with van der Waals surface area (Å²) < 4.78 is 0.883. The van der Waals surface area contributed by atoms with Crippen molar-refractivity contribution in [2.24, 2.45) is 5.92 Å². The SMILES string of the molecule is Cl.O=C(Nc1ccccc1Br)C1CCN(C(=O)C2CCCN2)CC1. The fraction of sp³-hybridized carbons (Fsp3) is 0.529. The average Bonchev–Trinajstić information content (AvgIpc) is 3.11. The molecule has 2 saturated heterocycles. The second-order valence-electron chi connectivity index (χ2n) is 6.22. The summed E-state index contributed by atoms with van der Waals surface area (Å²) in [5, 5.41) is 6.23. The molecule has 2 heterocycles. The number of nitrogens with one attached hydrogen (secondary N) is 2. The Bertz CT molecular complexity index is 585. The lowest BCUT2D eigenvalue weighted by molar-refractivity contribution is -0.136. The fourth-order valence-corrected chi connectivity index (χ4v) is 3.66. The molecule has 2 aliphatic rings. The van der Waals surface area contributed by atoms with Gasteiger partial charge >= 0.3 is 0 Å². The minimum atomic E-state index is -0.0253. The summed E-state index contributed by atoms with van der Waals surface area (Å²) in [6.07, 6.45) is 3.46. The summed E-state index contributed by atoms with van der Waals surface area (Å²) in [4.78, 5) is 26.7. The van der Waals surface area contributed by atoms with Gasteiger partial charge in [-0.25, -0.2) is 0 Å². The zero-order valence-electron chi connectivity index (χ0n) is 13.5. The zero-order valence-corrected chi connectivity index (χ0v) is 15.9. The third kappa shape index (κ3) is 4.49. The molecule has 24 heavy (non-hydrogen) atoms. The molecule has 2 N–H and O–H groups in total. The van der Waals surface area contributed by atoms with Crippen molar-refractivity contribution in [3.8, 4) is 0 Å². The van der Waals surface area contributed by atoms with Gasteiger partial charge in [-0.2, -0.15) is 0 Å². The van der Waals surface area contributed by atoms with Crippen LogP contribution in [0.4, 0.5) is 5.69 Å². The lowest BCUT2D eigenvalue weighted by Crippen LogP contribution is -2.48. The quantitative estimate of drug-likeness (QED) is 0.796. The average molecular weight is 417 g/mol. The maximum atomic E-state index is 12.4. The normalized spacial score (nSPS) is 21.2. The largest absolute Gasteiger partial charge is 0.341 e. The van der Waals surface area contributed by atoms with Gasteiger partial charge in [-0.3, -0.25) is 9.59 Å². The molecule has 2 fully saturated rings. The monoisotopic (exact) mass is 415 g/mol. The maximum Gasteiger partial charge on any atom is 0.239 e. The number of rotatable bonds is 3. The van der Waals surface area contributed by atoms with Crippen LogP contribution in [0.15, 0.2) is 28.7 Å². The van der Waals surface area contributed by atoms with E-state index in [0.717, 1.165) is 42.4 Å². The van der Waals surface area contributed by atoms with Gasteiger partial charge in [0.05, 0.1) is 11.7 Å². The number of halogens is 2. The van der Waals surface area contributed by atoms with Crippen LogP contribution in [-0.4, -0.2) is 42.4 Å². The van der Waals surface area contributed by atoms with Gasteiger partial charge in [-0.15, -0.1) is 12.4 Å². The number of amides is 2. The second kappa shape index (κ2) is 8.83. The smallest absolute Gasteiger partial charge is 0.239 e. The number of anilines is 1. The van der Waals surface area contributed by atoms with E-state index in [2.05, 4.69) is 26.6 Å². The molecule has 2 amide bonds. The highest BCUT2D eigenvalue weighted by atomic mass is 79.9. The number of likely N-dealkylation sites (tertiary alicyclic amines) is 1. The minimum absolute atomic E-state index is 0. The Morgan fingerprint density at radius 2 is 1.88 bits per heavy atom. The number of carbonyl (C=O) groups is 2. The number of hydrogen-bond acceptors (Lipinski definition) is 3. The topological polar surface area (TPSA) is 61.4 Å². The van der Waals surface area contributed by atoms with Crippen molar-refractivity contribution >= 4 is 45.8 Å². The molecule has 0 saturated carbocycles. The third-order valence-electron chi connectivity index (χ3n) is 4.67. The predicted octanol–water partition coefficient (Wildman–Crippen LogP) is 2.80. The van der Waals surface area contributed by atoms with Crippen LogP contribution in [0.3, 0.4) is 0 Å². The molecule has 1 unspecified atom stereocenters. The molecule has 5 nitrogen and oxygen atoms in total. The number of carbonyl (C=O) groups excluding carboxylic acids is 2. The van der Waals surface area contributed by atoms with Crippen molar-refractivity contribution in [1.82, 2.24) is 10.2 Å². The van der Waals surface area contributed by atoms with E-state index >= 15 is 0 Å². The summed E-state index contributed by atoms with van der Waals surface area (Å²) >= 11 is 3.44. The summed E-state index contributed by atoms with van der Waals surface area (Å²) in [6.45, 7) is 2.28. The molecule has 2 aliphatic heterocycles. The van der Waals surface area contributed by atoms with Crippen LogP contribution in [0.25, 0.3) is 0 Å². The molecule has 7 heteroatoms. The van der Waals surface area contributed by atoms with Gasteiger partial charge in [0.2, 0.25) is 11.8 Å². The number of benzene rings is 1. The molecule has 1 aromatic carbocycles.